The SMILES string of the molecule is CC(C)[C@H]1CC[C@@H]2[C@]1(C)CC[C@]1(C)C3=C([C@@H](O)C[C@@]21C)[C@@]1(C)CC[C@H](O)C(C)(C)[C@@H]1CC3=O. The van der Waals surface area contributed by atoms with Crippen LogP contribution < -0.4 is 0 Å². The molecule has 5 rings (SSSR count). The minimum absolute atomic E-state index is 0.0511. The zero-order valence-corrected chi connectivity index (χ0v) is 22.4. The minimum Gasteiger partial charge on any atom is -0.393 e. The summed E-state index contributed by atoms with van der Waals surface area (Å²) in [6, 6.07) is 0. The van der Waals surface area contributed by atoms with E-state index in [0.29, 0.717) is 23.7 Å². The molecule has 0 unspecified atom stereocenters. The van der Waals surface area contributed by atoms with Gasteiger partial charge >= 0.3 is 0 Å². The van der Waals surface area contributed by atoms with Crippen molar-refractivity contribution in [2.24, 2.45) is 50.7 Å². The summed E-state index contributed by atoms with van der Waals surface area (Å²) in [5.74, 6) is 2.34. The lowest BCUT2D eigenvalue weighted by molar-refractivity contribution is -0.156. The number of Topliss-reactive ketones (excluding diaryl/α,β-unsaturated/α-hetero) is 1. The fourth-order valence-corrected chi connectivity index (χ4v) is 11.0. The smallest absolute Gasteiger partial charge is 0.159 e. The maximum absolute atomic E-state index is 14.1. The molecular weight excluding hydrogens is 408 g/mol. The van der Waals surface area contributed by atoms with Crippen LogP contribution in [0.5, 0.6) is 0 Å². The van der Waals surface area contributed by atoms with Crippen molar-refractivity contribution in [1.82, 2.24) is 0 Å². The molecule has 0 heterocycles. The molecule has 0 radical (unpaired) electrons. The van der Waals surface area contributed by atoms with Gasteiger partial charge in [0.05, 0.1) is 12.2 Å². The van der Waals surface area contributed by atoms with E-state index in [1.165, 1.54) is 19.3 Å². The van der Waals surface area contributed by atoms with E-state index in [0.717, 1.165) is 42.7 Å². The van der Waals surface area contributed by atoms with Gasteiger partial charge in [-0.3, -0.25) is 4.79 Å². The van der Waals surface area contributed by atoms with Crippen molar-refractivity contribution in [3.63, 3.8) is 0 Å². The maximum atomic E-state index is 14.1. The van der Waals surface area contributed by atoms with Gasteiger partial charge in [0.15, 0.2) is 5.78 Å². The fraction of sp³-hybridized carbons (Fsp3) is 0.900. The predicted octanol–water partition coefficient (Wildman–Crippen LogP) is 6.32. The molecule has 5 aliphatic carbocycles. The summed E-state index contributed by atoms with van der Waals surface area (Å²) in [6.07, 6.45) is 6.77. The first kappa shape index (κ1) is 24.0. The monoisotopic (exact) mass is 456 g/mol. The van der Waals surface area contributed by atoms with Gasteiger partial charge in [-0.25, -0.2) is 0 Å². The predicted molar refractivity (Wildman–Crippen MR) is 132 cm³/mol. The van der Waals surface area contributed by atoms with Crippen molar-refractivity contribution in [1.29, 1.82) is 0 Å². The van der Waals surface area contributed by atoms with E-state index in [9.17, 15) is 15.0 Å². The van der Waals surface area contributed by atoms with Gasteiger partial charge in [0.25, 0.3) is 0 Å². The Balaban J connectivity index is 1.66. The van der Waals surface area contributed by atoms with E-state index in [4.69, 9.17) is 0 Å². The van der Waals surface area contributed by atoms with E-state index in [2.05, 4.69) is 55.4 Å². The first-order chi connectivity index (χ1) is 15.1. The van der Waals surface area contributed by atoms with Crippen molar-refractivity contribution in [3.05, 3.63) is 11.1 Å². The lowest BCUT2D eigenvalue weighted by Crippen LogP contribution is -2.63. The summed E-state index contributed by atoms with van der Waals surface area (Å²) in [6.45, 7) is 18.7. The molecule has 0 aromatic heterocycles. The lowest BCUT2D eigenvalue weighted by atomic mass is 9.37. The van der Waals surface area contributed by atoms with Gasteiger partial charge in [0.1, 0.15) is 0 Å². The molecule has 0 aliphatic heterocycles. The summed E-state index contributed by atoms with van der Waals surface area (Å²) in [4.78, 5) is 14.1. The third-order valence-corrected chi connectivity index (χ3v) is 12.9. The first-order valence-corrected chi connectivity index (χ1v) is 13.8. The lowest BCUT2D eigenvalue weighted by Gasteiger charge is -2.67. The average molecular weight is 457 g/mol. The Labute approximate surface area is 201 Å². The molecule has 0 bridgehead atoms. The Morgan fingerprint density at radius 1 is 0.879 bits per heavy atom. The van der Waals surface area contributed by atoms with Gasteiger partial charge in [0.2, 0.25) is 0 Å². The third-order valence-electron chi connectivity index (χ3n) is 12.9. The van der Waals surface area contributed by atoms with E-state index >= 15 is 0 Å². The summed E-state index contributed by atoms with van der Waals surface area (Å²) < 4.78 is 0. The number of rotatable bonds is 1. The number of aliphatic hydroxyl groups is 2. The molecular formula is C30H48O3. The van der Waals surface area contributed by atoms with Crippen LogP contribution in [-0.2, 0) is 4.79 Å². The van der Waals surface area contributed by atoms with Crippen molar-refractivity contribution in [2.45, 2.75) is 119 Å². The van der Waals surface area contributed by atoms with Crippen LogP contribution in [0.4, 0.5) is 0 Å². The van der Waals surface area contributed by atoms with E-state index in [-0.39, 0.29) is 39.5 Å². The molecule has 33 heavy (non-hydrogen) atoms. The highest BCUT2D eigenvalue weighted by Gasteiger charge is 2.69. The number of carbonyl (C=O) groups is 1. The summed E-state index contributed by atoms with van der Waals surface area (Å²) >= 11 is 0. The van der Waals surface area contributed by atoms with Crippen LogP contribution in [0.3, 0.4) is 0 Å². The van der Waals surface area contributed by atoms with Crippen LogP contribution in [0.25, 0.3) is 0 Å². The fourth-order valence-electron chi connectivity index (χ4n) is 11.0. The van der Waals surface area contributed by atoms with E-state index < -0.39 is 6.10 Å². The molecule has 186 valence electrons. The zero-order chi connectivity index (χ0) is 24.4. The largest absolute Gasteiger partial charge is 0.393 e. The Morgan fingerprint density at radius 2 is 1.55 bits per heavy atom. The minimum atomic E-state index is -0.540. The second kappa shape index (κ2) is 6.96. The van der Waals surface area contributed by atoms with E-state index in [1.54, 1.807) is 0 Å². The molecule has 0 spiro atoms. The Kier molecular flexibility index (Phi) is 5.07. The molecule has 3 fully saturated rings. The van der Waals surface area contributed by atoms with Gasteiger partial charge < -0.3 is 10.2 Å². The molecule has 0 saturated heterocycles. The number of ketones is 1. The van der Waals surface area contributed by atoms with Gasteiger partial charge in [-0.05, 0) is 95.9 Å². The highest BCUT2D eigenvalue weighted by molar-refractivity contribution is 5.99. The van der Waals surface area contributed by atoms with Crippen molar-refractivity contribution in [3.8, 4) is 0 Å². The highest BCUT2D eigenvalue weighted by Crippen LogP contribution is 2.75. The molecule has 0 amide bonds. The van der Waals surface area contributed by atoms with Gasteiger partial charge in [-0.1, -0.05) is 55.4 Å². The molecule has 5 aliphatic rings. The summed E-state index contributed by atoms with van der Waals surface area (Å²) in [5, 5.41) is 22.7. The number of allylic oxidation sites excluding steroid dienone is 1. The quantitative estimate of drug-likeness (QED) is 0.485. The standard InChI is InChI=1S/C30H48O3/c1-17(2)18-9-10-21-27(18,5)13-14-29(7)25-19(31)15-22-26(3,4)23(33)11-12-28(22,6)24(25)20(32)16-30(21,29)8/h17-18,20-23,32-33H,9-16H2,1-8H3/t18-,20+,21-,22+,23+,27-,28+,29-,30+/m1/s1. The van der Waals surface area contributed by atoms with E-state index in [1.807, 2.05) is 0 Å². The average Bonchev–Trinajstić information content (AvgIpc) is 3.07. The number of carbonyl (C=O) groups excluding carboxylic acids is 1. The van der Waals surface area contributed by atoms with Crippen molar-refractivity contribution >= 4 is 5.78 Å². The van der Waals surface area contributed by atoms with Gasteiger partial charge in [-0.15, -0.1) is 0 Å². The van der Waals surface area contributed by atoms with Crippen molar-refractivity contribution in [2.75, 3.05) is 0 Å². The topological polar surface area (TPSA) is 57.5 Å². The number of hydrogen-bond acceptors (Lipinski definition) is 3. The van der Waals surface area contributed by atoms with Crippen LogP contribution in [0.2, 0.25) is 0 Å². The highest BCUT2D eigenvalue weighted by atomic mass is 16.3. The Bertz CT molecular complexity index is 900. The normalized spacial score (nSPS) is 53.4. The Hall–Kier alpha value is -0.670. The molecule has 0 aromatic rings. The van der Waals surface area contributed by atoms with Crippen LogP contribution in [-0.4, -0.2) is 28.2 Å². The van der Waals surface area contributed by atoms with Crippen LogP contribution in [0.1, 0.15) is 107 Å². The zero-order valence-electron chi connectivity index (χ0n) is 22.4. The third kappa shape index (κ3) is 2.73. The summed E-state index contributed by atoms with van der Waals surface area (Å²) in [7, 11) is 0. The molecule has 0 aromatic carbocycles. The van der Waals surface area contributed by atoms with Crippen LogP contribution in [0.15, 0.2) is 11.1 Å². The van der Waals surface area contributed by atoms with Crippen LogP contribution in [0, 0.1) is 50.7 Å². The van der Waals surface area contributed by atoms with Gasteiger partial charge in [-0.2, -0.15) is 0 Å². The van der Waals surface area contributed by atoms with Crippen LogP contribution >= 0.6 is 0 Å². The molecule has 3 heteroatoms. The molecule has 3 nitrogen and oxygen atoms in total. The maximum Gasteiger partial charge on any atom is 0.159 e. The molecule has 3 saturated carbocycles. The summed E-state index contributed by atoms with van der Waals surface area (Å²) in [5.41, 5.74) is 1.67. The number of aliphatic hydroxyl groups excluding tert-OH is 2. The number of fused-ring (bicyclic) bond motifs is 6. The second-order valence-electron chi connectivity index (χ2n) is 14.7. The van der Waals surface area contributed by atoms with Gasteiger partial charge in [0, 0.05) is 17.4 Å². The molecule has 2 N–H and O–H groups in total. The number of hydrogen-bond donors (Lipinski definition) is 2. The van der Waals surface area contributed by atoms with Crippen molar-refractivity contribution < 1.29 is 15.0 Å². The first-order valence-electron chi connectivity index (χ1n) is 13.8. The second-order valence-corrected chi connectivity index (χ2v) is 14.7. The molecule has 9 atom stereocenters. The Morgan fingerprint density at radius 3 is 2.18 bits per heavy atom.